The minimum atomic E-state index is -0.508. The van der Waals surface area contributed by atoms with Crippen molar-refractivity contribution in [1.82, 2.24) is 5.16 Å². The number of carbonyl (C=O) groups is 2. The fraction of sp³-hybridized carbons (Fsp3) is 0.214. The first kappa shape index (κ1) is 13.8. The number of aromatic nitrogens is 1. The maximum absolute atomic E-state index is 12.1. The van der Waals surface area contributed by atoms with Gasteiger partial charge in [0, 0.05) is 0 Å². The molecular formula is C14H14N2O4. The van der Waals surface area contributed by atoms with E-state index in [9.17, 15) is 9.59 Å². The number of hydrogen-bond acceptors (Lipinski definition) is 5. The Kier molecular flexibility index (Phi) is 3.84. The third-order valence-electron chi connectivity index (χ3n) is 2.82. The van der Waals surface area contributed by atoms with Crippen LogP contribution in [0.3, 0.4) is 0 Å². The predicted octanol–water partition coefficient (Wildman–Crippen LogP) is 2.33. The lowest BCUT2D eigenvalue weighted by atomic mass is 10.1. The fourth-order valence-electron chi connectivity index (χ4n) is 1.75. The van der Waals surface area contributed by atoms with Crippen molar-refractivity contribution in [3.8, 4) is 0 Å². The van der Waals surface area contributed by atoms with Crippen molar-refractivity contribution in [3.05, 3.63) is 46.8 Å². The van der Waals surface area contributed by atoms with E-state index >= 15 is 0 Å². The molecule has 0 radical (unpaired) electrons. The van der Waals surface area contributed by atoms with Crippen molar-refractivity contribution in [2.45, 2.75) is 13.8 Å². The summed E-state index contributed by atoms with van der Waals surface area (Å²) in [6.45, 7) is 3.49. The first-order valence-electron chi connectivity index (χ1n) is 5.94. The Hall–Kier alpha value is -2.63. The predicted molar refractivity (Wildman–Crippen MR) is 71.7 cm³/mol. The molecule has 0 aliphatic heterocycles. The highest BCUT2D eigenvalue weighted by Gasteiger charge is 2.17. The standard InChI is InChI=1S/C14H14N2O4/c1-8-4-5-12(10(6-8)14(18)19-3)16-13(17)11-7-15-20-9(11)2/h4-7H,1-3H3,(H,16,17). The van der Waals surface area contributed by atoms with Crippen molar-refractivity contribution in [2.24, 2.45) is 0 Å². The van der Waals surface area contributed by atoms with Crippen LogP contribution in [0.2, 0.25) is 0 Å². The molecule has 0 saturated carbocycles. The zero-order chi connectivity index (χ0) is 14.7. The van der Waals surface area contributed by atoms with Crippen LogP contribution in [0, 0.1) is 13.8 Å². The molecule has 1 amide bonds. The summed E-state index contributed by atoms with van der Waals surface area (Å²) in [6, 6.07) is 5.10. The van der Waals surface area contributed by atoms with E-state index in [1.54, 1.807) is 25.1 Å². The highest BCUT2D eigenvalue weighted by molar-refractivity contribution is 6.08. The summed E-state index contributed by atoms with van der Waals surface area (Å²) >= 11 is 0. The van der Waals surface area contributed by atoms with Crippen molar-refractivity contribution >= 4 is 17.6 Å². The van der Waals surface area contributed by atoms with Gasteiger partial charge in [-0.05, 0) is 26.0 Å². The quantitative estimate of drug-likeness (QED) is 0.869. The lowest BCUT2D eigenvalue weighted by molar-refractivity contribution is 0.0602. The van der Waals surface area contributed by atoms with Crippen LogP contribution in [0.25, 0.3) is 0 Å². The van der Waals surface area contributed by atoms with E-state index in [2.05, 4.69) is 10.5 Å². The number of anilines is 1. The van der Waals surface area contributed by atoms with Gasteiger partial charge in [0.2, 0.25) is 0 Å². The first-order chi connectivity index (χ1) is 9.52. The van der Waals surface area contributed by atoms with E-state index in [0.717, 1.165) is 5.56 Å². The van der Waals surface area contributed by atoms with Crippen molar-refractivity contribution in [3.63, 3.8) is 0 Å². The maximum atomic E-state index is 12.1. The van der Waals surface area contributed by atoms with Crippen LogP contribution in [0.5, 0.6) is 0 Å². The second kappa shape index (κ2) is 5.56. The molecular weight excluding hydrogens is 260 g/mol. The van der Waals surface area contributed by atoms with Gasteiger partial charge in [-0.1, -0.05) is 16.8 Å². The number of amides is 1. The van der Waals surface area contributed by atoms with Crippen molar-refractivity contribution in [2.75, 3.05) is 12.4 Å². The SMILES string of the molecule is COC(=O)c1cc(C)ccc1NC(=O)c1cnoc1C. The van der Waals surface area contributed by atoms with Crippen LogP contribution < -0.4 is 5.32 Å². The van der Waals surface area contributed by atoms with E-state index in [0.29, 0.717) is 22.6 Å². The Morgan fingerprint density at radius 2 is 2.00 bits per heavy atom. The van der Waals surface area contributed by atoms with Crippen LogP contribution in [-0.2, 0) is 4.74 Å². The molecule has 2 rings (SSSR count). The van der Waals surface area contributed by atoms with Crippen LogP contribution in [0.4, 0.5) is 5.69 Å². The van der Waals surface area contributed by atoms with Gasteiger partial charge in [0.1, 0.15) is 11.3 Å². The molecule has 1 aromatic carbocycles. The summed E-state index contributed by atoms with van der Waals surface area (Å²) in [5, 5.41) is 6.20. The Bertz CT molecular complexity index is 661. The number of ether oxygens (including phenoxy) is 1. The first-order valence-corrected chi connectivity index (χ1v) is 5.94. The number of hydrogen-bond donors (Lipinski definition) is 1. The Labute approximate surface area is 115 Å². The third kappa shape index (κ3) is 2.69. The number of aryl methyl sites for hydroxylation is 2. The van der Waals surface area contributed by atoms with Gasteiger partial charge >= 0.3 is 5.97 Å². The number of rotatable bonds is 3. The molecule has 0 atom stereocenters. The topological polar surface area (TPSA) is 81.4 Å². The lowest BCUT2D eigenvalue weighted by Crippen LogP contribution is -2.15. The van der Waals surface area contributed by atoms with Crippen LogP contribution in [-0.4, -0.2) is 24.1 Å². The Morgan fingerprint density at radius 3 is 2.60 bits per heavy atom. The number of methoxy groups -OCH3 is 1. The molecule has 1 heterocycles. The molecule has 0 bridgehead atoms. The highest BCUT2D eigenvalue weighted by Crippen LogP contribution is 2.20. The van der Waals surface area contributed by atoms with Gasteiger partial charge < -0.3 is 14.6 Å². The number of esters is 1. The van der Waals surface area contributed by atoms with Gasteiger partial charge in [0.15, 0.2) is 0 Å². The molecule has 0 aliphatic rings. The number of carbonyl (C=O) groups excluding carboxylic acids is 2. The fourth-order valence-corrected chi connectivity index (χ4v) is 1.75. The summed E-state index contributed by atoms with van der Waals surface area (Å²) in [7, 11) is 1.29. The summed E-state index contributed by atoms with van der Waals surface area (Å²) in [6.07, 6.45) is 1.33. The summed E-state index contributed by atoms with van der Waals surface area (Å²) in [5.41, 5.74) is 1.90. The normalized spacial score (nSPS) is 10.2. The second-order valence-corrected chi connectivity index (χ2v) is 4.29. The van der Waals surface area contributed by atoms with Gasteiger partial charge in [-0.25, -0.2) is 4.79 Å². The summed E-state index contributed by atoms with van der Waals surface area (Å²) in [5.74, 6) is -0.488. The lowest BCUT2D eigenvalue weighted by Gasteiger charge is -2.10. The van der Waals surface area contributed by atoms with E-state index < -0.39 is 11.9 Å². The number of nitrogens with zero attached hydrogens (tertiary/aromatic N) is 1. The van der Waals surface area contributed by atoms with Gasteiger partial charge in [-0.2, -0.15) is 0 Å². The largest absolute Gasteiger partial charge is 0.465 e. The number of nitrogens with one attached hydrogen (secondary N) is 1. The van der Waals surface area contributed by atoms with E-state index in [-0.39, 0.29) is 0 Å². The van der Waals surface area contributed by atoms with Gasteiger partial charge in [-0.3, -0.25) is 4.79 Å². The van der Waals surface area contributed by atoms with Crippen LogP contribution >= 0.6 is 0 Å². The maximum Gasteiger partial charge on any atom is 0.339 e. The monoisotopic (exact) mass is 274 g/mol. The minimum absolute atomic E-state index is 0.301. The molecule has 0 aliphatic carbocycles. The average molecular weight is 274 g/mol. The molecule has 2 aromatic rings. The molecule has 0 spiro atoms. The summed E-state index contributed by atoms with van der Waals surface area (Å²) in [4.78, 5) is 23.8. The molecule has 0 unspecified atom stereocenters. The summed E-state index contributed by atoms with van der Waals surface area (Å²) < 4.78 is 9.55. The van der Waals surface area contributed by atoms with Crippen molar-refractivity contribution in [1.29, 1.82) is 0 Å². The smallest absolute Gasteiger partial charge is 0.339 e. The van der Waals surface area contributed by atoms with Crippen LogP contribution in [0.1, 0.15) is 32.0 Å². The molecule has 20 heavy (non-hydrogen) atoms. The molecule has 6 heteroatoms. The van der Waals surface area contributed by atoms with Gasteiger partial charge in [0.25, 0.3) is 5.91 Å². The third-order valence-corrected chi connectivity index (χ3v) is 2.82. The van der Waals surface area contributed by atoms with Crippen LogP contribution in [0.15, 0.2) is 28.9 Å². The second-order valence-electron chi connectivity index (χ2n) is 4.29. The van der Waals surface area contributed by atoms with Gasteiger partial charge in [-0.15, -0.1) is 0 Å². The zero-order valence-corrected chi connectivity index (χ0v) is 11.4. The van der Waals surface area contributed by atoms with Gasteiger partial charge in [0.05, 0.1) is 24.6 Å². The molecule has 0 fully saturated rings. The van der Waals surface area contributed by atoms with E-state index in [1.165, 1.54) is 13.3 Å². The molecule has 104 valence electrons. The zero-order valence-electron chi connectivity index (χ0n) is 11.4. The minimum Gasteiger partial charge on any atom is -0.465 e. The molecule has 0 saturated heterocycles. The molecule has 1 N–H and O–H groups in total. The Morgan fingerprint density at radius 1 is 1.25 bits per heavy atom. The average Bonchev–Trinajstić information content (AvgIpc) is 2.86. The highest BCUT2D eigenvalue weighted by atomic mass is 16.5. The number of benzene rings is 1. The Balaban J connectivity index is 2.32. The van der Waals surface area contributed by atoms with E-state index in [1.807, 2.05) is 6.92 Å². The van der Waals surface area contributed by atoms with Crippen molar-refractivity contribution < 1.29 is 18.8 Å². The molecule has 1 aromatic heterocycles. The van der Waals surface area contributed by atoms with E-state index in [4.69, 9.17) is 9.26 Å². The molecule has 6 nitrogen and oxygen atoms in total.